The summed E-state index contributed by atoms with van der Waals surface area (Å²) in [5.74, 6) is 1.61. The zero-order chi connectivity index (χ0) is 45.6. The molecule has 0 aliphatic rings. The van der Waals surface area contributed by atoms with E-state index < -0.39 is 6.10 Å². The predicted octanol–water partition coefficient (Wildman–Crippen LogP) is 17.9. The van der Waals surface area contributed by atoms with E-state index in [2.05, 4.69) is 41.5 Å². The van der Waals surface area contributed by atoms with E-state index in [1.807, 2.05) is 0 Å². The second kappa shape index (κ2) is 47.4. The van der Waals surface area contributed by atoms with Gasteiger partial charge in [-0.1, -0.05) is 266 Å². The highest BCUT2D eigenvalue weighted by Crippen LogP contribution is 2.18. The van der Waals surface area contributed by atoms with Crippen LogP contribution in [-0.4, -0.2) is 37.2 Å². The monoisotopic (exact) mass is 877 g/mol. The molecule has 0 amide bonds. The number of esters is 3. The van der Waals surface area contributed by atoms with Gasteiger partial charge in [-0.3, -0.25) is 14.4 Å². The van der Waals surface area contributed by atoms with Gasteiger partial charge in [0.05, 0.1) is 0 Å². The molecule has 0 rings (SSSR count). The highest BCUT2D eigenvalue weighted by molar-refractivity contribution is 5.71. The smallest absolute Gasteiger partial charge is 0.306 e. The Kier molecular flexibility index (Phi) is 46.2. The van der Waals surface area contributed by atoms with Crippen LogP contribution >= 0.6 is 0 Å². The van der Waals surface area contributed by atoms with E-state index in [1.165, 1.54) is 186 Å². The van der Waals surface area contributed by atoms with E-state index >= 15 is 0 Å². The fraction of sp³-hybridized carbons (Fsp3) is 0.946. The maximum absolute atomic E-state index is 12.8. The Morgan fingerprint density at radius 3 is 0.694 bits per heavy atom. The van der Waals surface area contributed by atoms with Crippen molar-refractivity contribution in [3.8, 4) is 0 Å². The van der Waals surface area contributed by atoms with Crippen LogP contribution in [0.1, 0.15) is 305 Å². The van der Waals surface area contributed by atoms with Gasteiger partial charge in [-0.15, -0.1) is 0 Å². The normalized spacial score (nSPS) is 12.1. The molecule has 6 nitrogen and oxygen atoms in total. The minimum atomic E-state index is -0.763. The summed E-state index contributed by atoms with van der Waals surface area (Å²) >= 11 is 0. The number of rotatable bonds is 49. The predicted molar refractivity (Wildman–Crippen MR) is 266 cm³/mol. The van der Waals surface area contributed by atoms with Crippen molar-refractivity contribution in [2.45, 2.75) is 311 Å². The van der Waals surface area contributed by atoms with E-state index in [-0.39, 0.29) is 31.1 Å². The summed E-state index contributed by atoms with van der Waals surface area (Å²) in [7, 11) is 0. The van der Waals surface area contributed by atoms with Crippen LogP contribution in [0.2, 0.25) is 0 Å². The van der Waals surface area contributed by atoms with Gasteiger partial charge in [-0.05, 0) is 37.0 Å². The summed E-state index contributed by atoms with van der Waals surface area (Å²) in [6.07, 6.45) is 48.2. The molecule has 0 heterocycles. The van der Waals surface area contributed by atoms with Crippen LogP contribution in [0.3, 0.4) is 0 Å². The maximum Gasteiger partial charge on any atom is 0.306 e. The lowest BCUT2D eigenvalue weighted by atomic mass is 10.0. The lowest BCUT2D eigenvalue weighted by Crippen LogP contribution is -2.30. The molecule has 0 radical (unpaired) electrons. The number of hydrogen-bond donors (Lipinski definition) is 0. The Bertz CT molecular complexity index is 960. The number of carbonyl (C=O) groups is 3. The molecule has 0 spiro atoms. The minimum absolute atomic E-state index is 0.0649. The van der Waals surface area contributed by atoms with Crippen LogP contribution in [0.25, 0.3) is 0 Å². The first-order valence-electron chi connectivity index (χ1n) is 27.6. The summed E-state index contributed by atoms with van der Waals surface area (Å²) in [6.45, 7) is 13.7. The molecule has 0 bridgehead atoms. The van der Waals surface area contributed by atoms with Gasteiger partial charge in [0.15, 0.2) is 6.10 Å². The molecule has 0 aromatic heterocycles. The third-order valence-corrected chi connectivity index (χ3v) is 12.6. The Hall–Kier alpha value is -1.59. The van der Waals surface area contributed by atoms with Crippen molar-refractivity contribution in [2.24, 2.45) is 17.8 Å². The first-order chi connectivity index (χ1) is 30.1. The minimum Gasteiger partial charge on any atom is -0.462 e. The van der Waals surface area contributed by atoms with Gasteiger partial charge in [0.25, 0.3) is 0 Å². The van der Waals surface area contributed by atoms with Crippen molar-refractivity contribution in [1.29, 1.82) is 0 Å². The van der Waals surface area contributed by atoms with Crippen LogP contribution in [0.4, 0.5) is 0 Å². The molecule has 0 aliphatic carbocycles. The quantitative estimate of drug-likeness (QED) is 0.0344. The first-order valence-corrected chi connectivity index (χ1v) is 27.6. The zero-order valence-electron chi connectivity index (χ0n) is 42.7. The number of unbranched alkanes of at least 4 members (excludes halogenated alkanes) is 32. The van der Waals surface area contributed by atoms with E-state index in [0.29, 0.717) is 19.3 Å². The topological polar surface area (TPSA) is 78.9 Å². The molecule has 368 valence electrons. The zero-order valence-corrected chi connectivity index (χ0v) is 42.7. The van der Waals surface area contributed by atoms with Gasteiger partial charge >= 0.3 is 17.9 Å². The summed E-state index contributed by atoms with van der Waals surface area (Å²) in [5.41, 5.74) is 0. The fourth-order valence-electron chi connectivity index (χ4n) is 8.47. The standard InChI is InChI=1S/C56H108O6/c1-50(2)42-36-30-24-18-15-13-11-9-7-8-10-12-14-16-20-29-35-41-47-56(59)62-53(49-61-55(58)46-40-34-28-23-22-26-32-38-44-52(5)6)48-60-54(57)45-39-33-27-21-17-19-25-31-37-43-51(3)4/h50-53H,7-49H2,1-6H3/t53-/m1/s1. The largest absolute Gasteiger partial charge is 0.462 e. The average molecular weight is 877 g/mol. The van der Waals surface area contributed by atoms with Crippen LogP contribution in [0.15, 0.2) is 0 Å². The van der Waals surface area contributed by atoms with Crippen molar-refractivity contribution in [1.82, 2.24) is 0 Å². The summed E-state index contributed by atoms with van der Waals surface area (Å²) in [4.78, 5) is 38.0. The van der Waals surface area contributed by atoms with Gasteiger partial charge in [-0.25, -0.2) is 0 Å². The van der Waals surface area contributed by atoms with Gasteiger partial charge in [0, 0.05) is 19.3 Å². The third-order valence-electron chi connectivity index (χ3n) is 12.6. The SMILES string of the molecule is CC(C)CCCCCCCCCCCCCCCCCCCCC(=O)O[C@H](COC(=O)CCCCCCCCCCCC(C)C)COC(=O)CCCCCCCCCCC(C)C. The molecule has 0 aliphatic heterocycles. The van der Waals surface area contributed by atoms with Crippen LogP contribution in [0, 0.1) is 17.8 Å². The summed E-state index contributed by atoms with van der Waals surface area (Å²) in [6, 6.07) is 0. The van der Waals surface area contributed by atoms with Crippen molar-refractivity contribution in [3.05, 3.63) is 0 Å². The van der Waals surface area contributed by atoms with Crippen molar-refractivity contribution in [3.63, 3.8) is 0 Å². The Morgan fingerprint density at radius 1 is 0.274 bits per heavy atom. The molecule has 0 saturated carbocycles. The first kappa shape index (κ1) is 60.4. The van der Waals surface area contributed by atoms with E-state index in [9.17, 15) is 14.4 Å². The van der Waals surface area contributed by atoms with Gasteiger partial charge in [0.1, 0.15) is 13.2 Å². The number of carbonyl (C=O) groups excluding carboxylic acids is 3. The molecule has 0 unspecified atom stereocenters. The molecular formula is C56H108O6. The molecule has 62 heavy (non-hydrogen) atoms. The van der Waals surface area contributed by atoms with E-state index in [1.54, 1.807) is 0 Å². The Balaban J connectivity index is 4.23. The molecular weight excluding hydrogens is 769 g/mol. The van der Waals surface area contributed by atoms with Crippen molar-refractivity contribution >= 4 is 17.9 Å². The van der Waals surface area contributed by atoms with Crippen molar-refractivity contribution < 1.29 is 28.6 Å². The third kappa shape index (κ3) is 49.4. The van der Waals surface area contributed by atoms with Crippen molar-refractivity contribution in [2.75, 3.05) is 13.2 Å². The second-order valence-electron chi connectivity index (χ2n) is 20.6. The molecule has 0 aromatic carbocycles. The second-order valence-corrected chi connectivity index (χ2v) is 20.6. The lowest BCUT2D eigenvalue weighted by molar-refractivity contribution is -0.167. The molecule has 0 fully saturated rings. The van der Waals surface area contributed by atoms with Crippen LogP contribution < -0.4 is 0 Å². The Morgan fingerprint density at radius 2 is 0.468 bits per heavy atom. The van der Waals surface area contributed by atoms with E-state index in [0.717, 1.165) is 75.5 Å². The summed E-state index contributed by atoms with van der Waals surface area (Å²) < 4.78 is 16.8. The molecule has 6 heteroatoms. The molecule has 0 aromatic rings. The average Bonchev–Trinajstić information content (AvgIpc) is 3.23. The highest BCUT2D eigenvalue weighted by atomic mass is 16.6. The lowest BCUT2D eigenvalue weighted by Gasteiger charge is -2.18. The maximum atomic E-state index is 12.8. The number of ether oxygens (including phenoxy) is 3. The fourth-order valence-corrected chi connectivity index (χ4v) is 8.47. The molecule has 0 saturated heterocycles. The molecule has 0 N–H and O–H groups in total. The van der Waals surface area contributed by atoms with Crippen LogP contribution in [0.5, 0.6) is 0 Å². The molecule has 1 atom stereocenters. The number of hydrogen-bond acceptors (Lipinski definition) is 6. The van der Waals surface area contributed by atoms with Gasteiger partial charge in [0.2, 0.25) is 0 Å². The van der Waals surface area contributed by atoms with Gasteiger partial charge < -0.3 is 14.2 Å². The summed E-state index contributed by atoms with van der Waals surface area (Å²) in [5, 5.41) is 0. The van der Waals surface area contributed by atoms with Crippen LogP contribution in [-0.2, 0) is 28.6 Å². The van der Waals surface area contributed by atoms with E-state index in [4.69, 9.17) is 14.2 Å². The Labute approximate surface area is 387 Å². The highest BCUT2D eigenvalue weighted by Gasteiger charge is 2.19. The van der Waals surface area contributed by atoms with Gasteiger partial charge in [-0.2, -0.15) is 0 Å².